The Kier molecular flexibility index (Phi) is 6.20. The van der Waals surface area contributed by atoms with Gasteiger partial charge in [0.25, 0.3) is 5.91 Å². The van der Waals surface area contributed by atoms with Gasteiger partial charge in [-0.15, -0.1) is 10.2 Å². The molecule has 2 amide bonds. The van der Waals surface area contributed by atoms with Gasteiger partial charge >= 0.3 is 0 Å². The van der Waals surface area contributed by atoms with Crippen molar-refractivity contribution in [1.29, 1.82) is 0 Å². The Morgan fingerprint density at radius 3 is 2.58 bits per heavy atom. The molecule has 3 aromatic rings. The number of nitrogens with one attached hydrogen (secondary N) is 2. The molecule has 0 radical (unpaired) electrons. The summed E-state index contributed by atoms with van der Waals surface area (Å²) in [6.07, 6.45) is 1.20. The molecule has 2 heterocycles. The number of aryl methyl sites for hydroxylation is 1. The molecule has 0 saturated heterocycles. The van der Waals surface area contributed by atoms with E-state index >= 15 is 0 Å². The number of carbonyl (C=O) groups excluding carboxylic acids is 2. The highest BCUT2D eigenvalue weighted by Gasteiger charge is 2.32. The third-order valence-corrected chi connectivity index (χ3v) is 5.60. The third-order valence-electron chi connectivity index (χ3n) is 5.06. The maximum atomic E-state index is 13.0. The van der Waals surface area contributed by atoms with Crippen LogP contribution in [0.5, 0.6) is 0 Å². The molecule has 0 bridgehead atoms. The van der Waals surface area contributed by atoms with Crippen molar-refractivity contribution in [3.63, 3.8) is 0 Å². The molecule has 160 valence electrons. The Morgan fingerprint density at radius 1 is 1.06 bits per heavy atom. The first-order valence-electron chi connectivity index (χ1n) is 9.60. The summed E-state index contributed by atoms with van der Waals surface area (Å²) in [6.45, 7) is 0.376. The maximum Gasteiger partial charge on any atom is 0.253 e. The first-order chi connectivity index (χ1) is 14.9. The van der Waals surface area contributed by atoms with Crippen molar-refractivity contribution in [1.82, 2.24) is 25.4 Å². The highest BCUT2D eigenvalue weighted by Crippen LogP contribution is 2.27. The van der Waals surface area contributed by atoms with Gasteiger partial charge in [0, 0.05) is 18.0 Å². The summed E-state index contributed by atoms with van der Waals surface area (Å²) in [5.41, 5.74) is 1.09. The Bertz CT molecular complexity index is 1130. The van der Waals surface area contributed by atoms with E-state index in [1.807, 2.05) is 0 Å². The molecule has 4 rings (SSSR count). The fourth-order valence-electron chi connectivity index (χ4n) is 3.49. The lowest BCUT2D eigenvalue weighted by Crippen LogP contribution is -2.32. The van der Waals surface area contributed by atoms with E-state index in [1.165, 1.54) is 18.2 Å². The third kappa shape index (κ3) is 4.70. The van der Waals surface area contributed by atoms with Crippen molar-refractivity contribution >= 4 is 35.0 Å². The van der Waals surface area contributed by atoms with Gasteiger partial charge in [0.15, 0.2) is 5.82 Å². The molecular weight excluding hydrogens is 444 g/mol. The van der Waals surface area contributed by atoms with Gasteiger partial charge in [-0.3, -0.25) is 9.59 Å². The number of carbonyl (C=O) groups is 2. The lowest BCUT2D eigenvalue weighted by atomic mass is 10.2. The van der Waals surface area contributed by atoms with Crippen LogP contribution in [0.4, 0.5) is 4.39 Å². The van der Waals surface area contributed by atoms with Crippen LogP contribution in [0, 0.1) is 5.82 Å². The predicted molar refractivity (Wildman–Crippen MR) is 113 cm³/mol. The van der Waals surface area contributed by atoms with Crippen molar-refractivity contribution in [2.45, 2.75) is 32.0 Å². The molecule has 0 fully saturated rings. The van der Waals surface area contributed by atoms with Crippen molar-refractivity contribution in [2.75, 3.05) is 0 Å². The highest BCUT2D eigenvalue weighted by atomic mass is 35.5. The molecule has 7 nitrogen and oxygen atoms in total. The minimum Gasteiger partial charge on any atom is -0.350 e. The minimum absolute atomic E-state index is 0.0898. The van der Waals surface area contributed by atoms with Crippen LogP contribution in [0.3, 0.4) is 0 Å². The first kappa shape index (κ1) is 21.3. The number of rotatable bonds is 6. The Balaban J connectivity index is 1.41. The highest BCUT2D eigenvalue weighted by molar-refractivity contribution is 6.36. The van der Waals surface area contributed by atoms with Gasteiger partial charge in [0.2, 0.25) is 5.91 Å². The second-order valence-electron chi connectivity index (χ2n) is 7.11. The van der Waals surface area contributed by atoms with E-state index in [9.17, 15) is 14.0 Å². The zero-order chi connectivity index (χ0) is 22.0. The van der Waals surface area contributed by atoms with E-state index in [0.717, 1.165) is 5.56 Å². The van der Waals surface area contributed by atoms with E-state index in [1.54, 1.807) is 28.8 Å². The van der Waals surface area contributed by atoms with Crippen LogP contribution in [0.15, 0.2) is 42.5 Å². The molecule has 1 unspecified atom stereocenters. The Hall–Kier alpha value is -2.97. The molecule has 2 aromatic carbocycles. The largest absolute Gasteiger partial charge is 0.350 e. The van der Waals surface area contributed by atoms with E-state index in [-0.39, 0.29) is 35.7 Å². The number of fused-ring (bicyclic) bond motifs is 1. The number of amides is 2. The van der Waals surface area contributed by atoms with Gasteiger partial charge < -0.3 is 15.2 Å². The number of benzene rings is 2. The van der Waals surface area contributed by atoms with Crippen LogP contribution in [0.2, 0.25) is 10.0 Å². The first-order valence-corrected chi connectivity index (χ1v) is 10.4. The fourth-order valence-corrected chi connectivity index (χ4v) is 3.99. The predicted octanol–water partition coefficient (Wildman–Crippen LogP) is 3.46. The van der Waals surface area contributed by atoms with Gasteiger partial charge in [0.1, 0.15) is 17.7 Å². The zero-order valence-corrected chi connectivity index (χ0v) is 17.8. The van der Waals surface area contributed by atoms with E-state index < -0.39 is 6.04 Å². The van der Waals surface area contributed by atoms with Crippen LogP contribution in [0.1, 0.15) is 40.0 Å². The number of hydrogen-bond donors (Lipinski definition) is 2. The van der Waals surface area contributed by atoms with Crippen LogP contribution < -0.4 is 10.6 Å². The van der Waals surface area contributed by atoms with Gasteiger partial charge in [-0.25, -0.2) is 4.39 Å². The summed E-state index contributed by atoms with van der Waals surface area (Å²) in [4.78, 5) is 25.2. The van der Waals surface area contributed by atoms with Crippen molar-refractivity contribution in [3.05, 3.63) is 81.1 Å². The molecule has 1 aliphatic rings. The normalized spacial score (nSPS) is 14.9. The molecule has 10 heteroatoms. The lowest BCUT2D eigenvalue weighted by molar-refractivity contribution is -0.124. The standard InChI is InChI=1S/C21H18Cl2FN5O2/c22-13-3-6-15(16(23)9-13)20(30)26-11-19-28-27-18-8-7-17(29(18)19)21(31)25-10-12-1-4-14(24)5-2-12/h1-6,9,17H,7-8,10-11H2,(H,25,31)(H,26,30). The number of hydrogen-bond acceptors (Lipinski definition) is 4. The lowest BCUT2D eigenvalue weighted by Gasteiger charge is -2.16. The monoisotopic (exact) mass is 461 g/mol. The zero-order valence-electron chi connectivity index (χ0n) is 16.2. The van der Waals surface area contributed by atoms with E-state index in [0.29, 0.717) is 35.1 Å². The topological polar surface area (TPSA) is 88.9 Å². The molecule has 1 atom stereocenters. The summed E-state index contributed by atoms with van der Waals surface area (Å²) >= 11 is 12.0. The van der Waals surface area contributed by atoms with Crippen LogP contribution >= 0.6 is 23.2 Å². The quantitative estimate of drug-likeness (QED) is 0.588. The minimum atomic E-state index is -0.475. The molecule has 0 aliphatic carbocycles. The molecule has 1 aromatic heterocycles. The van der Waals surface area contributed by atoms with Gasteiger partial charge in [-0.2, -0.15) is 0 Å². The summed E-state index contributed by atoms with van der Waals surface area (Å²) in [5.74, 6) is 0.278. The summed E-state index contributed by atoms with van der Waals surface area (Å²) in [6, 6.07) is 10.1. The average molecular weight is 462 g/mol. The van der Waals surface area contributed by atoms with Crippen molar-refractivity contribution in [3.8, 4) is 0 Å². The van der Waals surface area contributed by atoms with E-state index in [2.05, 4.69) is 20.8 Å². The Morgan fingerprint density at radius 2 is 1.84 bits per heavy atom. The number of nitrogens with zero attached hydrogens (tertiary/aromatic N) is 3. The summed E-state index contributed by atoms with van der Waals surface area (Å²) < 4.78 is 14.8. The molecule has 0 spiro atoms. The van der Waals surface area contributed by atoms with Crippen molar-refractivity contribution in [2.24, 2.45) is 0 Å². The molecule has 2 N–H and O–H groups in total. The summed E-state index contributed by atoms with van der Waals surface area (Å²) in [7, 11) is 0. The van der Waals surface area contributed by atoms with Crippen LogP contribution in [-0.2, 0) is 24.3 Å². The SMILES string of the molecule is O=C(NCc1nnc2n1C(C(=O)NCc1ccc(F)cc1)CC2)c1ccc(Cl)cc1Cl. The van der Waals surface area contributed by atoms with E-state index in [4.69, 9.17) is 23.2 Å². The Labute approximate surface area is 187 Å². The maximum absolute atomic E-state index is 13.0. The fraction of sp³-hybridized carbons (Fsp3) is 0.238. The molecule has 0 saturated carbocycles. The van der Waals surface area contributed by atoms with Gasteiger partial charge in [-0.05, 0) is 42.3 Å². The number of halogens is 3. The van der Waals surface area contributed by atoms with Crippen LogP contribution in [0.25, 0.3) is 0 Å². The average Bonchev–Trinajstić information content (AvgIpc) is 3.34. The van der Waals surface area contributed by atoms with Gasteiger partial charge in [-0.1, -0.05) is 35.3 Å². The van der Waals surface area contributed by atoms with Crippen molar-refractivity contribution < 1.29 is 14.0 Å². The second-order valence-corrected chi connectivity index (χ2v) is 7.95. The van der Waals surface area contributed by atoms with Crippen LogP contribution in [-0.4, -0.2) is 26.6 Å². The smallest absolute Gasteiger partial charge is 0.253 e. The summed E-state index contributed by atoms with van der Waals surface area (Å²) in [5, 5.41) is 14.6. The molecular formula is C21H18Cl2FN5O2. The number of aromatic nitrogens is 3. The molecule has 1 aliphatic heterocycles. The second kappa shape index (κ2) is 9.03. The van der Waals surface area contributed by atoms with Gasteiger partial charge in [0.05, 0.1) is 17.1 Å². The molecule has 31 heavy (non-hydrogen) atoms.